The molecule has 0 saturated heterocycles. The third-order valence-electron chi connectivity index (χ3n) is 3.03. The lowest BCUT2D eigenvalue weighted by atomic mass is 10.2. The van der Waals surface area contributed by atoms with Crippen molar-refractivity contribution in [2.75, 3.05) is 15.5 Å². The molecule has 2 aromatic carbocycles. The molecule has 0 fully saturated rings. The minimum atomic E-state index is -1.02. The Morgan fingerprint density at radius 3 is 2.32 bits per heavy atom. The minimum absolute atomic E-state index is 0.0108. The molecule has 0 bridgehead atoms. The molecule has 2 N–H and O–H groups in total. The number of hydrogen-bond donors (Lipinski definition) is 2. The minimum Gasteiger partial charge on any atom is -0.304 e. The van der Waals surface area contributed by atoms with E-state index in [1.54, 1.807) is 0 Å². The predicted molar refractivity (Wildman–Crippen MR) is 78.6 cm³/mol. The molecule has 1 aliphatic heterocycles. The van der Waals surface area contributed by atoms with Crippen molar-refractivity contribution in [2.45, 2.75) is 0 Å². The van der Waals surface area contributed by atoms with E-state index in [-0.39, 0.29) is 21.4 Å². The number of carbonyl (C=O) groups excluding carboxylic acids is 1. The smallest absolute Gasteiger partial charge is 0.304 e. The van der Waals surface area contributed by atoms with Crippen LogP contribution in [0.2, 0.25) is 10.0 Å². The second-order valence-corrected chi connectivity index (χ2v) is 5.20. The van der Waals surface area contributed by atoms with Crippen molar-refractivity contribution in [3.63, 3.8) is 0 Å². The van der Waals surface area contributed by atoms with Gasteiger partial charge in [0.05, 0.1) is 15.7 Å². The van der Waals surface area contributed by atoms with E-state index in [1.165, 1.54) is 12.1 Å². The van der Waals surface area contributed by atoms with Crippen LogP contribution >= 0.6 is 23.2 Å². The van der Waals surface area contributed by atoms with Gasteiger partial charge in [-0.05, 0) is 24.3 Å². The Kier molecular flexibility index (Phi) is 3.56. The first-order chi connectivity index (χ1) is 10.4. The van der Waals surface area contributed by atoms with Gasteiger partial charge in [0.2, 0.25) is 0 Å². The van der Waals surface area contributed by atoms with Crippen LogP contribution in [-0.4, -0.2) is 11.2 Å². The first-order valence-corrected chi connectivity index (χ1v) is 6.69. The van der Waals surface area contributed by atoms with Gasteiger partial charge in [0.1, 0.15) is 11.4 Å². The van der Waals surface area contributed by atoms with E-state index in [9.17, 15) is 18.8 Å². The van der Waals surface area contributed by atoms with Gasteiger partial charge in [-0.1, -0.05) is 29.3 Å². The van der Waals surface area contributed by atoms with Gasteiger partial charge >= 0.3 is 6.03 Å². The van der Waals surface area contributed by atoms with E-state index in [4.69, 9.17) is 23.2 Å². The predicted octanol–water partition coefficient (Wildman–Crippen LogP) is 4.43. The van der Waals surface area contributed by atoms with Crippen LogP contribution in [0.15, 0.2) is 30.3 Å². The number of halogens is 4. The number of carbonyl (C=O) groups is 1. The number of nitrogens with zero attached hydrogens (tertiary/aromatic N) is 2. The number of nitrogens with one attached hydrogen (secondary N) is 1. The Morgan fingerprint density at radius 1 is 1.09 bits per heavy atom. The Balaban J connectivity index is 2.15. The Hall–Kier alpha value is -2.09. The summed E-state index contributed by atoms with van der Waals surface area (Å²) in [6.07, 6.45) is 0. The fraction of sp³-hybridized carbons (Fsp3) is 0. The van der Waals surface area contributed by atoms with Crippen LogP contribution < -0.4 is 15.5 Å². The first-order valence-electron chi connectivity index (χ1n) is 5.93. The number of rotatable bonds is 1. The number of fused-ring (bicyclic) bond motifs is 1. The molecular formula is C13H7Cl2F2N3O2. The lowest BCUT2D eigenvalue weighted by molar-refractivity contribution is 0.220. The highest BCUT2D eigenvalue weighted by Gasteiger charge is 2.34. The lowest BCUT2D eigenvalue weighted by Gasteiger charge is -2.36. The van der Waals surface area contributed by atoms with Gasteiger partial charge in [0.15, 0.2) is 11.6 Å². The topological polar surface area (TPSA) is 55.8 Å². The molecule has 1 heterocycles. The number of hydrogen-bond acceptors (Lipinski definition) is 3. The van der Waals surface area contributed by atoms with Crippen molar-refractivity contribution in [3.8, 4) is 0 Å². The summed E-state index contributed by atoms with van der Waals surface area (Å²) >= 11 is 11.7. The number of para-hydroxylation sites is 1. The van der Waals surface area contributed by atoms with Crippen molar-refractivity contribution in [1.82, 2.24) is 0 Å². The first kappa shape index (κ1) is 14.8. The molecule has 3 rings (SSSR count). The lowest BCUT2D eigenvalue weighted by Crippen LogP contribution is -2.51. The number of benzene rings is 2. The van der Waals surface area contributed by atoms with E-state index >= 15 is 0 Å². The van der Waals surface area contributed by atoms with Gasteiger partial charge in [-0.15, -0.1) is 0 Å². The van der Waals surface area contributed by atoms with Crippen LogP contribution in [0.5, 0.6) is 0 Å². The maximum absolute atomic E-state index is 13.9. The Bertz CT molecular complexity index is 768. The average molecular weight is 346 g/mol. The van der Waals surface area contributed by atoms with Crippen LogP contribution in [0, 0.1) is 11.6 Å². The summed E-state index contributed by atoms with van der Waals surface area (Å²) < 4.78 is 27.7. The standard InChI is InChI=1S/C13H7Cl2F2N3O2/c14-6-4-10-11(5-7(6)15)20(22)19(13(21)18-10)12-8(16)2-1-3-9(12)17/h1-5,22H,(H,18,21). The molecule has 0 radical (unpaired) electrons. The molecule has 9 heteroatoms. The highest BCUT2D eigenvalue weighted by Crippen LogP contribution is 2.39. The summed E-state index contributed by atoms with van der Waals surface area (Å²) in [5.74, 6) is -2.03. The third-order valence-corrected chi connectivity index (χ3v) is 3.75. The van der Waals surface area contributed by atoms with Crippen LogP contribution in [0.25, 0.3) is 0 Å². The van der Waals surface area contributed by atoms with Gasteiger partial charge in [-0.2, -0.15) is 10.2 Å². The molecule has 0 aromatic heterocycles. The number of hydrazine groups is 1. The SMILES string of the molecule is O=C1Nc2cc(Cl)c(Cl)cc2N(O)N1c1c(F)cccc1F. The largest absolute Gasteiger partial charge is 0.347 e. The molecular weight excluding hydrogens is 339 g/mol. The Labute approximate surface area is 133 Å². The molecule has 0 spiro atoms. The van der Waals surface area contributed by atoms with Crippen LogP contribution in [0.3, 0.4) is 0 Å². The normalized spacial score (nSPS) is 14.0. The molecule has 2 aromatic rings. The van der Waals surface area contributed by atoms with Gasteiger partial charge in [-0.3, -0.25) is 5.21 Å². The quantitative estimate of drug-likeness (QED) is 0.803. The maximum atomic E-state index is 13.9. The van der Waals surface area contributed by atoms with Crippen LogP contribution in [0.1, 0.15) is 0 Å². The summed E-state index contributed by atoms with van der Waals surface area (Å²) in [5, 5.41) is 13.5. The van der Waals surface area contributed by atoms with Crippen LogP contribution in [-0.2, 0) is 0 Å². The van der Waals surface area contributed by atoms with E-state index in [1.807, 2.05) is 0 Å². The van der Waals surface area contributed by atoms with Gasteiger partial charge in [0.25, 0.3) is 0 Å². The summed E-state index contributed by atoms with van der Waals surface area (Å²) in [5.41, 5.74) is -0.564. The van der Waals surface area contributed by atoms with Crippen molar-refractivity contribution >= 4 is 46.3 Å². The summed E-state index contributed by atoms with van der Waals surface area (Å²) in [6, 6.07) is 4.67. The van der Waals surface area contributed by atoms with Gasteiger partial charge in [0, 0.05) is 0 Å². The van der Waals surface area contributed by atoms with Crippen molar-refractivity contribution in [3.05, 3.63) is 52.0 Å². The Morgan fingerprint density at radius 2 is 1.68 bits per heavy atom. The fourth-order valence-electron chi connectivity index (χ4n) is 2.05. The van der Waals surface area contributed by atoms with Crippen molar-refractivity contribution < 1.29 is 18.8 Å². The highest BCUT2D eigenvalue weighted by atomic mass is 35.5. The van der Waals surface area contributed by atoms with Gasteiger partial charge in [-0.25, -0.2) is 13.6 Å². The molecule has 0 aliphatic carbocycles. The molecule has 2 amide bonds. The number of anilines is 3. The fourth-order valence-corrected chi connectivity index (χ4v) is 2.37. The zero-order chi connectivity index (χ0) is 16.0. The summed E-state index contributed by atoms with van der Waals surface area (Å²) in [7, 11) is 0. The molecule has 5 nitrogen and oxygen atoms in total. The monoisotopic (exact) mass is 345 g/mol. The van der Waals surface area contributed by atoms with E-state index in [0.29, 0.717) is 10.2 Å². The number of amides is 2. The molecule has 0 unspecified atom stereocenters. The van der Waals surface area contributed by atoms with E-state index < -0.39 is 23.4 Å². The van der Waals surface area contributed by atoms with E-state index in [0.717, 1.165) is 18.2 Å². The molecule has 114 valence electrons. The second-order valence-electron chi connectivity index (χ2n) is 4.39. The summed E-state index contributed by atoms with van der Waals surface area (Å²) in [6.45, 7) is 0. The highest BCUT2D eigenvalue weighted by molar-refractivity contribution is 6.42. The zero-order valence-corrected chi connectivity index (χ0v) is 12.2. The van der Waals surface area contributed by atoms with E-state index in [2.05, 4.69) is 5.32 Å². The maximum Gasteiger partial charge on any atom is 0.347 e. The third kappa shape index (κ3) is 2.23. The average Bonchev–Trinajstić information content (AvgIpc) is 2.44. The molecule has 0 atom stereocenters. The van der Waals surface area contributed by atoms with Gasteiger partial charge < -0.3 is 5.32 Å². The second kappa shape index (κ2) is 5.28. The molecule has 22 heavy (non-hydrogen) atoms. The molecule has 0 saturated carbocycles. The number of urea groups is 1. The zero-order valence-electron chi connectivity index (χ0n) is 10.6. The van der Waals surface area contributed by atoms with Crippen molar-refractivity contribution in [1.29, 1.82) is 0 Å². The summed E-state index contributed by atoms with van der Waals surface area (Å²) in [4.78, 5) is 12.1. The molecule has 1 aliphatic rings. The van der Waals surface area contributed by atoms with Crippen molar-refractivity contribution in [2.24, 2.45) is 0 Å². The van der Waals surface area contributed by atoms with Crippen LogP contribution in [0.4, 0.5) is 30.6 Å².